The van der Waals surface area contributed by atoms with E-state index in [1.807, 2.05) is 36.4 Å². The van der Waals surface area contributed by atoms with E-state index in [-0.39, 0.29) is 0 Å². The SMILES string of the molecule is C[Si]1(c2ccccc2)c2ccccc2-c2cccc(-c3cccc(-c4cccc(-c5ccc(-c6nc(-c7ccccc7)nc(-c7cccc(-c8ccccc8)c7)n6)cc5)c4)c3)c21. The van der Waals surface area contributed by atoms with E-state index in [9.17, 15) is 0 Å². The highest BCUT2D eigenvalue weighted by atomic mass is 28.3. The quantitative estimate of drug-likeness (QED) is 0.144. The molecule has 2 heterocycles. The number of nitrogens with zero attached hydrogens (tertiary/aromatic N) is 3. The number of rotatable bonds is 8. The average Bonchev–Trinajstić information content (AvgIpc) is 3.63. The summed E-state index contributed by atoms with van der Waals surface area (Å²) in [5.41, 5.74) is 15.1. The van der Waals surface area contributed by atoms with Gasteiger partial charge in [0.25, 0.3) is 0 Å². The minimum absolute atomic E-state index is 0.637. The molecule has 0 bridgehead atoms. The van der Waals surface area contributed by atoms with Gasteiger partial charge in [0.2, 0.25) is 0 Å². The highest BCUT2D eigenvalue weighted by Gasteiger charge is 2.44. The zero-order valence-corrected chi connectivity index (χ0v) is 35.3. The van der Waals surface area contributed by atoms with E-state index >= 15 is 0 Å². The molecule has 0 spiro atoms. The summed E-state index contributed by atoms with van der Waals surface area (Å²) in [7, 11) is -2.28. The molecule has 1 aromatic heterocycles. The van der Waals surface area contributed by atoms with Crippen LogP contribution in [0, 0.1) is 0 Å². The summed E-state index contributed by atoms with van der Waals surface area (Å²) < 4.78 is 0. The van der Waals surface area contributed by atoms with Gasteiger partial charge >= 0.3 is 0 Å². The van der Waals surface area contributed by atoms with Gasteiger partial charge in [-0.1, -0.05) is 219 Å². The minimum Gasteiger partial charge on any atom is -0.208 e. The van der Waals surface area contributed by atoms with Crippen molar-refractivity contribution in [1.82, 2.24) is 15.0 Å². The average molecular weight is 808 g/mol. The van der Waals surface area contributed by atoms with Crippen molar-refractivity contribution in [3.05, 3.63) is 231 Å². The fourth-order valence-electron chi connectivity index (χ4n) is 9.29. The molecular formula is C58H41N3Si. The van der Waals surface area contributed by atoms with E-state index in [0.717, 1.165) is 38.9 Å². The van der Waals surface area contributed by atoms with Crippen molar-refractivity contribution in [2.45, 2.75) is 6.55 Å². The van der Waals surface area contributed by atoms with Crippen LogP contribution in [0.4, 0.5) is 0 Å². The van der Waals surface area contributed by atoms with Crippen molar-refractivity contribution in [2.24, 2.45) is 0 Å². The maximum atomic E-state index is 5.06. The molecule has 292 valence electrons. The van der Waals surface area contributed by atoms with Crippen molar-refractivity contribution in [3.63, 3.8) is 0 Å². The summed E-state index contributed by atoms with van der Waals surface area (Å²) in [4.78, 5) is 15.1. The lowest BCUT2D eigenvalue weighted by atomic mass is 9.94. The van der Waals surface area contributed by atoms with Gasteiger partial charge in [-0.3, -0.25) is 0 Å². The van der Waals surface area contributed by atoms with Crippen LogP contribution in [-0.2, 0) is 0 Å². The summed E-state index contributed by atoms with van der Waals surface area (Å²) in [6, 6.07) is 82.6. The molecule has 0 amide bonds. The molecule has 1 aliphatic rings. The zero-order chi connectivity index (χ0) is 41.5. The van der Waals surface area contributed by atoms with Gasteiger partial charge in [-0.2, -0.15) is 0 Å². The van der Waals surface area contributed by atoms with Gasteiger partial charge in [0.1, 0.15) is 8.07 Å². The smallest absolute Gasteiger partial charge is 0.164 e. The summed E-state index contributed by atoms with van der Waals surface area (Å²) in [6.07, 6.45) is 0. The molecule has 62 heavy (non-hydrogen) atoms. The molecule has 4 heteroatoms. The van der Waals surface area contributed by atoms with Crippen LogP contribution in [-0.4, -0.2) is 23.0 Å². The van der Waals surface area contributed by atoms with Gasteiger partial charge in [0.15, 0.2) is 17.5 Å². The summed E-state index contributed by atoms with van der Waals surface area (Å²) in [6.45, 7) is 2.53. The second-order valence-electron chi connectivity index (χ2n) is 16.1. The molecule has 1 atom stereocenters. The van der Waals surface area contributed by atoms with E-state index in [1.54, 1.807) is 0 Å². The number of benzene rings is 9. The Morgan fingerprint density at radius 3 is 1.29 bits per heavy atom. The number of aromatic nitrogens is 3. The lowest BCUT2D eigenvalue weighted by Crippen LogP contribution is -2.62. The van der Waals surface area contributed by atoms with Gasteiger partial charge in [-0.25, -0.2) is 15.0 Å². The summed E-state index contributed by atoms with van der Waals surface area (Å²) >= 11 is 0. The second kappa shape index (κ2) is 15.7. The first-order chi connectivity index (χ1) is 30.6. The Bertz CT molecular complexity index is 3240. The van der Waals surface area contributed by atoms with E-state index < -0.39 is 8.07 Å². The molecule has 9 aromatic carbocycles. The fourth-order valence-corrected chi connectivity index (χ4v) is 13.7. The standard InChI is InChI=1S/C58H41N3Si/c1-62(50-27-9-4-10-28-50)54-32-12-11-29-52(54)53-31-16-30-51(55(53)62)48-25-14-24-47(38-48)46-23-13-21-44(37-46)41-33-35-43(36-34-41)57-59-56(42-19-7-3-8-20-42)60-58(61-57)49-26-15-22-45(39-49)40-17-5-2-6-18-40/h2-39H,1H3. The van der Waals surface area contributed by atoms with Crippen LogP contribution in [0.2, 0.25) is 6.55 Å². The maximum absolute atomic E-state index is 5.06. The Kier molecular flexibility index (Phi) is 9.41. The first kappa shape index (κ1) is 37.2. The summed E-state index contributed by atoms with van der Waals surface area (Å²) in [5, 5.41) is 4.43. The van der Waals surface area contributed by atoms with Gasteiger partial charge < -0.3 is 0 Å². The van der Waals surface area contributed by atoms with Gasteiger partial charge in [0.05, 0.1) is 0 Å². The number of hydrogen-bond acceptors (Lipinski definition) is 3. The third-order valence-corrected chi connectivity index (χ3v) is 17.0. The third kappa shape index (κ3) is 6.68. The molecule has 10 aromatic rings. The predicted molar refractivity (Wildman–Crippen MR) is 260 cm³/mol. The van der Waals surface area contributed by atoms with Crippen LogP contribution >= 0.6 is 0 Å². The Balaban J connectivity index is 0.931. The normalized spacial score (nSPS) is 14.0. The molecule has 0 saturated carbocycles. The number of fused-ring (bicyclic) bond motifs is 3. The van der Waals surface area contributed by atoms with Crippen LogP contribution in [0.1, 0.15) is 0 Å². The Hall–Kier alpha value is -7.79. The molecule has 0 radical (unpaired) electrons. The van der Waals surface area contributed by atoms with Crippen molar-refractivity contribution < 1.29 is 0 Å². The fraction of sp³-hybridized carbons (Fsp3) is 0.0172. The first-order valence-electron chi connectivity index (χ1n) is 21.2. The minimum atomic E-state index is -2.28. The zero-order valence-electron chi connectivity index (χ0n) is 34.3. The van der Waals surface area contributed by atoms with Crippen molar-refractivity contribution in [3.8, 4) is 89.8 Å². The monoisotopic (exact) mass is 807 g/mol. The number of hydrogen-bond donors (Lipinski definition) is 0. The lowest BCUT2D eigenvalue weighted by Gasteiger charge is -2.28. The second-order valence-corrected chi connectivity index (χ2v) is 20.0. The van der Waals surface area contributed by atoms with Crippen LogP contribution < -0.4 is 15.6 Å². The van der Waals surface area contributed by atoms with Gasteiger partial charge in [0, 0.05) is 16.7 Å². The van der Waals surface area contributed by atoms with E-state index in [1.165, 1.54) is 48.9 Å². The molecule has 11 rings (SSSR count). The van der Waals surface area contributed by atoms with E-state index in [4.69, 9.17) is 15.0 Å². The van der Waals surface area contributed by atoms with Crippen LogP contribution in [0.25, 0.3) is 89.8 Å². The molecule has 1 aliphatic heterocycles. The van der Waals surface area contributed by atoms with Crippen LogP contribution in [0.5, 0.6) is 0 Å². The highest BCUT2D eigenvalue weighted by molar-refractivity contribution is 7.14. The third-order valence-electron chi connectivity index (χ3n) is 12.4. The first-order valence-corrected chi connectivity index (χ1v) is 23.7. The largest absolute Gasteiger partial charge is 0.208 e. The molecule has 0 N–H and O–H groups in total. The topological polar surface area (TPSA) is 38.7 Å². The van der Waals surface area contributed by atoms with Crippen molar-refractivity contribution >= 4 is 23.6 Å². The van der Waals surface area contributed by atoms with Crippen LogP contribution in [0.15, 0.2) is 231 Å². The van der Waals surface area contributed by atoms with Crippen LogP contribution in [0.3, 0.4) is 0 Å². The van der Waals surface area contributed by atoms with E-state index in [2.05, 4.69) is 201 Å². The highest BCUT2D eigenvalue weighted by Crippen LogP contribution is 2.36. The lowest BCUT2D eigenvalue weighted by molar-refractivity contribution is 1.07. The molecular weight excluding hydrogens is 767 g/mol. The van der Waals surface area contributed by atoms with Gasteiger partial charge in [-0.05, 0) is 89.4 Å². The molecule has 0 aliphatic carbocycles. The summed E-state index contributed by atoms with van der Waals surface area (Å²) in [5.74, 6) is 1.92. The maximum Gasteiger partial charge on any atom is 0.164 e. The Morgan fingerprint density at radius 2 is 0.645 bits per heavy atom. The molecule has 0 saturated heterocycles. The van der Waals surface area contributed by atoms with Crippen molar-refractivity contribution in [2.75, 3.05) is 0 Å². The van der Waals surface area contributed by atoms with Gasteiger partial charge in [-0.15, -0.1) is 0 Å². The molecule has 0 fully saturated rings. The Morgan fingerprint density at radius 1 is 0.274 bits per heavy atom. The molecule has 3 nitrogen and oxygen atoms in total. The van der Waals surface area contributed by atoms with Crippen molar-refractivity contribution in [1.29, 1.82) is 0 Å². The van der Waals surface area contributed by atoms with E-state index in [0.29, 0.717) is 17.5 Å². The molecule has 1 unspecified atom stereocenters. The Labute approximate surface area is 363 Å². The predicted octanol–water partition coefficient (Wildman–Crippen LogP) is 12.6.